The maximum atomic E-state index is 12.5. The van der Waals surface area contributed by atoms with Gasteiger partial charge in [0.1, 0.15) is 0 Å². The van der Waals surface area contributed by atoms with Crippen molar-refractivity contribution >= 4 is 17.7 Å². The lowest BCUT2D eigenvalue weighted by molar-refractivity contribution is -0.384. The fourth-order valence-electron chi connectivity index (χ4n) is 1.97. The summed E-state index contributed by atoms with van der Waals surface area (Å²) in [6.45, 7) is 0.0657. The number of nitro benzene ring substituents is 1. The molecule has 0 bridgehead atoms. The number of carbonyl (C=O) groups excluding carboxylic acids is 1. The predicted molar refractivity (Wildman–Crippen MR) is 85.4 cm³/mol. The minimum absolute atomic E-state index is 0.0657. The first-order chi connectivity index (χ1) is 11.8. The van der Waals surface area contributed by atoms with Gasteiger partial charge in [0.2, 0.25) is 5.91 Å². The largest absolute Gasteiger partial charge is 0.416 e. The van der Waals surface area contributed by atoms with Crippen molar-refractivity contribution in [2.75, 3.05) is 0 Å². The molecule has 0 spiro atoms. The smallest absolute Gasteiger partial charge is 0.348 e. The normalized spacial score (nSPS) is 11.5. The average Bonchev–Trinajstić information content (AvgIpc) is 2.58. The van der Waals surface area contributed by atoms with Gasteiger partial charge in [0.05, 0.1) is 10.5 Å². The fraction of sp³-hybridized carbons (Fsp3) is 0.118. The highest BCUT2D eigenvalue weighted by Gasteiger charge is 2.29. The van der Waals surface area contributed by atoms with Gasteiger partial charge in [0.25, 0.3) is 5.69 Å². The van der Waals surface area contributed by atoms with Crippen molar-refractivity contribution in [1.29, 1.82) is 0 Å². The molecule has 0 radical (unpaired) electrons. The van der Waals surface area contributed by atoms with Crippen LogP contribution in [0.1, 0.15) is 16.7 Å². The molecule has 2 aromatic carbocycles. The Morgan fingerprint density at radius 2 is 1.84 bits per heavy atom. The van der Waals surface area contributed by atoms with E-state index in [0.717, 1.165) is 12.1 Å². The first-order valence-electron chi connectivity index (χ1n) is 7.12. The zero-order valence-electron chi connectivity index (χ0n) is 12.8. The molecule has 2 rings (SSSR count). The van der Waals surface area contributed by atoms with Gasteiger partial charge in [-0.3, -0.25) is 14.9 Å². The number of rotatable bonds is 5. The van der Waals surface area contributed by atoms with Crippen molar-refractivity contribution in [3.63, 3.8) is 0 Å². The number of hydrogen-bond acceptors (Lipinski definition) is 3. The van der Waals surface area contributed by atoms with Crippen LogP contribution in [0.25, 0.3) is 6.08 Å². The number of nitrogens with one attached hydrogen (secondary N) is 1. The molecule has 0 saturated carbocycles. The van der Waals surface area contributed by atoms with Crippen LogP contribution in [0.5, 0.6) is 0 Å². The van der Waals surface area contributed by atoms with E-state index in [1.807, 2.05) is 0 Å². The standard InChI is InChI=1S/C17H13F3N2O3/c18-17(19,20)14-7-4-13(5-8-14)11-21-16(23)9-6-12-2-1-3-15(10-12)22(24)25/h1-10H,11H2,(H,21,23)/b9-6+. The Hall–Kier alpha value is -3.16. The van der Waals surface area contributed by atoms with Gasteiger partial charge >= 0.3 is 6.18 Å². The van der Waals surface area contributed by atoms with Gasteiger partial charge in [-0.25, -0.2) is 0 Å². The van der Waals surface area contributed by atoms with Gasteiger partial charge in [0, 0.05) is 24.8 Å². The number of benzene rings is 2. The maximum Gasteiger partial charge on any atom is 0.416 e. The molecule has 0 unspecified atom stereocenters. The van der Waals surface area contributed by atoms with E-state index in [-0.39, 0.29) is 12.2 Å². The van der Waals surface area contributed by atoms with Gasteiger partial charge in [-0.05, 0) is 29.3 Å². The molecule has 0 heterocycles. The minimum atomic E-state index is -4.40. The summed E-state index contributed by atoms with van der Waals surface area (Å²) < 4.78 is 37.4. The van der Waals surface area contributed by atoms with Crippen LogP contribution in [0.3, 0.4) is 0 Å². The van der Waals surface area contributed by atoms with Crippen LogP contribution in [0.4, 0.5) is 18.9 Å². The van der Waals surface area contributed by atoms with Crippen molar-refractivity contribution in [1.82, 2.24) is 5.32 Å². The van der Waals surface area contributed by atoms with E-state index in [1.165, 1.54) is 42.5 Å². The molecule has 5 nitrogen and oxygen atoms in total. The molecule has 0 aromatic heterocycles. The summed E-state index contributed by atoms with van der Waals surface area (Å²) in [6.07, 6.45) is -1.79. The molecular formula is C17H13F3N2O3. The van der Waals surface area contributed by atoms with E-state index in [1.54, 1.807) is 6.07 Å². The summed E-state index contributed by atoms with van der Waals surface area (Å²) >= 11 is 0. The highest BCUT2D eigenvalue weighted by molar-refractivity contribution is 5.91. The topological polar surface area (TPSA) is 72.2 Å². The van der Waals surface area contributed by atoms with E-state index in [2.05, 4.69) is 5.32 Å². The zero-order chi connectivity index (χ0) is 18.4. The van der Waals surface area contributed by atoms with Gasteiger partial charge in [-0.1, -0.05) is 24.3 Å². The summed E-state index contributed by atoms with van der Waals surface area (Å²) in [5.74, 6) is -0.466. The molecule has 0 saturated heterocycles. The van der Waals surface area contributed by atoms with Crippen LogP contribution in [0.15, 0.2) is 54.6 Å². The van der Waals surface area contributed by atoms with Crippen LogP contribution in [-0.4, -0.2) is 10.8 Å². The van der Waals surface area contributed by atoms with E-state index < -0.39 is 22.6 Å². The first kappa shape index (κ1) is 18.2. The molecule has 1 amide bonds. The third-order valence-electron chi connectivity index (χ3n) is 3.26. The van der Waals surface area contributed by atoms with Gasteiger partial charge in [-0.15, -0.1) is 0 Å². The Labute approximate surface area is 140 Å². The summed E-state index contributed by atoms with van der Waals surface area (Å²) in [4.78, 5) is 21.9. The summed E-state index contributed by atoms with van der Waals surface area (Å²) in [6, 6.07) is 10.2. The summed E-state index contributed by atoms with van der Waals surface area (Å²) in [7, 11) is 0. The van der Waals surface area contributed by atoms with Gasteiger partial charge in [-0.2, -0.15) is 13.2 Å². The molecule has 0 aliphatic rings. The van der Waals surface area contributed by atoms with Crippen molar-refractivity contribution in [3.05, 3.63) is 81.4 Å². The van der Waals surface area contributed by atoms with Crippen LogP contribution in [-0.2, 0) is 17.5 Å². The lowest BCUT2D eigenvalue weighted by Crippen LogP contribution is -2.20. The SMILES string of the molecule is O=C(/C=C/c1cccc([N+](=O)[O-])c1)NCc1ccc(C(F)(F)F)cc1. The van der Waals surface area contributed by atoms with Crippen molar-refractivity contribution in [2.45, 2.75) is 12.7 Å². The number of carbonyl (C=O) groups is 1. The monoisotopic (exact) mass is 350 g/mol. The van der Waals surface area contributed by atoms with Crippen LogP contribution in [0.2, 0.25) is 0 Å². The number of non-ortho nitro benzene ring substituents is 1. The molecule has 0 aliphatic carbocycles. The molecule has 0 fully saturated rings. The number of alkyl halides is 3. The third kappa shape index (κ3) is 5.45. The van der Waals surface area contributed by atoms with Crippen molar-refractivity contribution in [2.24, 2.45) is 0 Å². The molecule has 1 N–H and O–H groups in total. The molecule has 8 heteroatoms. The van der Waals surface area contributed by atoms with Crippen LogP contribution in [0, 0.1) is 10.1 Å². The molecular weight excluding hydrogens is 337 g/mol. The van der Waals surface area contributed by atoms with Gasteiger partial charge in [0.15, 0.2) is 0 Å². The second-order valence-electron chi connectivity index (χ2n) is 5.10. The average molecular weight is 350 g/mol. The zero-order valence-corrected chi connectivity index (χ0v) is 12.8. The molecule has 130 valence electrons. The fourth-order valence-corrected chi connectivity index (χ4v) is 1.97. The second-order valence-corrected chi connectivity index (χ2v) is 5.10. The Morgan fingerprint density at radius 3 is 2.44 bits per heavy atom. The third-order valence-corrected chi connectivity index (χ3v) is 3.26. The number of nitro groups is 1. The summed E-state index contributed by atoms with van der Waals surface area (Å²) in [5.41, 5.74) is 0.157. The van der Waals surface area contributed by atoms with Crippen LogP contribution < -0.4 is 5.32 Å². The lowest BCUT2D eigenvalue weighted by atomic mass is 10.1. The maximum absolute atomic E-state index is 12.5. The second kappa shape index (κ2) is 7.61. The molecule has 2 aromatic rings. The molecule has 0 atom stereocenters. The van der Waals surface area contributed by atoms with E-state index in [4.69, 9.17) is 0 Å². The number of amides is 1. The highest BCUT2D eigenvalue weighted by atomic mass is 19.4. The number of nitrogens with zero attached hydrogens (tertiary/aromatic N) is 1. The Morgan fingerprint density at radius 1 is 1.16 bits per heavy atom. The minimum Gasteiger partial charge on any atom is -0.348 e. The molecule has 25 heavy (non-hydrogen) atoms. The quantitative estimate of drug-likeness (QED) is 0.504. The van der Waals surface area contributed by atoms with Crippen molar-refractivity contribution < 1.29 is 22.9 Å². The predicted octanol–water partition coefficient (Wildman–Crippen LogP) is 3.94. The Bertz CT molecular complexity index is 800. The number of hydrogen-bond donors (Lipinski definition) is 1. The van der Waals surface area contributed by atoms with E-state index in [0.29, 0.717) is 11.1 Å². The lowest BCUT2D eigenvalue weighted by Gasteiger charge is -2.07. The van der Waals surface area contributed by atoms with E-state index in [9.17, 15) is 28.1 Å². The first-order valence-corrected chi connectivity index (χ1v) is 7.12. The Balaban J connectivity index is 1.92. The molecule has 0 aliphatic heterocycles. The Kier molecular flexibility index (Phi) is 5.53. The van der Waals surface area contributed by atoms with Crippen LogP contribution >= 0.6 is 0 Å². The van der Waals surface area contributed by atoms with Gasteiger partial charge < -0.3 is 5.32 Å². The van der Waals surface area contributed by atoms with Crippen molar-refractivity contribution in [3.8, 4) is 0 Å². The van der Waals surface area contributed by atoms with E-state index >= 15 is 0 Å². The number of halogens is 3. The summed E-state index contributed by atoms with van der Waals surface area (Å²) in [5, 5.41) is 13.2. The highest BCUT2D eigenvalue weighted by Crippen LogP contribution is 2.29.